The molecule has 0 bridgehead atoms. The predicted molar refractivity (Wildman–Crippen MR) is 74.6 cm³/mol. The van der Waals surface area contributed by atoms with Crippen molar-refractivity contribution < 1.29 is 27.1 Å². The van der Waals surface area contributed by atoms with Gasteiger partial charge in [-0.05, 0) is 25.0 Å². The summed E-state index contributed by atoms with van der Waals surface area (Å²) >= 11 is 0. The molecule has 1 aromatic carbocycles. The van der Waals surface area contributed by atoms with Crippen molar-refractivity contribution in [1.82, 2.24) is 0 Å². The first kappa shape index (κ1) is 15.8. The van der Waals surface area contributed by atoms with Crippen LogP contribution in [0, 0.1) is 11.2 Å². The molecule has 2 rings (SSSR count). The lowest BCUT2D eigenvalue weighted by Gasteiger charge is -2.15. The molecule has 0 radical (unpaired) electrons. The van der Waals surface area contributed by atoms with Gasteiger partial charge in [-0.15, -0.1) is 0 Å². The summed E-state index contributed by atoms with van der Waals surface area (Å²) in [6.07, 6.45) is 2.75. The lowest BCUT2D eigenvalue weighted by Crippen LogP contribution is -2.22. The lowest BCUT2D eigenvalue weighted by atomic mass is 10.1. The molecule has 116 valence electrons. The van der Waals surface area contributed by atoms with Gasteiger partial charge in [0.2, 0.25) is 0 Å². The Bertz CT molecular complexity index is 649. The van der Waals surface area contributed by atoms with E-state index >= 15 is 0 Å². The minimum Gasteiger partial charge on any atom is -0.493 e. The molecule has 0 unspecified atom stereocenters. The van der Waals surface area contributed by atoms with E-state index in [1.165, 1.54) is 25.5 Å². The Morgan fingerprint density at radius 2 is 2.05 bits per heavy atom. The minimum absolute atomic E-state index is 0.0721. The minimum atomic E-state index is -3.07. The van der Waals surface area contributed by atoms with Crippen molar-refractivity contribution >= 4 is 15.8 Å². The molecule has 1 fully saturated rings. The number of esters is 1. The van der Waals surface area contributed by atoms with E-state index in [0.717, 1.165) is 18.9 Å². The monoisotopic (exact) mass is 316 g/mol. The number of carbonyl (C=O) groups is 1. The average Bonchev–Trinajstić information content (AvgIpc) is 3.13. The molecule has 0 amide bonds. The lowest BCUT2D eigenvalue weighted by molar-refractivity contribution is 0.0595. The topological polar surface area (TPSA) is 69.7 Å². The molecule has 1 saturated carbocycles. The van der Waals surface area contributed by atoms with Crippen LogP contribution in [0.3, 0.4) is 0 Å². The molecule has 1 aliphatic carbocycles. The fraction of sp³-hybridized carbons (Fsp3) is 0.500. The summed E-state index contributed by atoms with van der Waals surface area (Å²) in [5.41, 5.74) is -0.521. The van der Waals surface area contributed by atoms with Crippen molar-refractivity contribution in [3.05, 3.63) is 29.6 Å². The van der Waals surface area contributed by atoms with Crippen LogP contribution >= 0.6 is 0 Å². The van der Waals surface area contributed by atoms with Crippen LogP contribution in [0.1, 0.15) is 23.2 Å². The number of sulfone groups is 1. The Kier molecular flexibility index (Phi) is 4.22. The molecule has 0 heterocycles. The number of methoxy groups -OCH3 is 1. The molecular weight excluding hydrogens is 299 g/mol. The van der Waals surface area contributed by atoms with E-state index in [1.54, 1.807) is 0 Å². The van der Waals surface area contributed by atoms with E-state index in [1.807, 2.05) is 0 Å². The first-order valence-corrected chi connectivity index (χ1v) is 8.49. The van der Waals surface area contributed by atoms with Gasteiger partial charge in [0, 0.05) is 17.7 Å². The van der Waals surface area contributed by atoms with Gasteiger partial charge in [0.25, 0.3) is 0 Å². The second-order valence-electron chi connectivity index (χ2n) is 5.49. The van der Waals surface area contributed by atoms with E-state index < -0.39 is 21.6 Å². The van der Waals surface area contributed by atoms with Crippen molar-refractivity contribution in [3.63, 3.8) is 0 Å². The zero-order valence-electron chi connectivity index (χ0n) is 11.9. The molecule has 0 aliphatic heterocycles. The van der Waals surface area contributed by atoms with Crippen LogP contribution in [0.4, 0.5) is 4.39 Å². The van der Waals surface area contributed by atoms with Crippen LogP contribution in [0.15, 0.2) is 18.2 Å². The summed E-state index contributed by atoms with van der Waals surface area (Å²) in [4.78, 5) is 11.3. The van der Waals surface area contributed by atoms with Gasteiger partial charge in [-0.1, -0.05) is 0 Å². The highest BCUT2D eigenvalue weighted by molar-refractivity contribution is 7.90. The smallest absolute Gasteiger partial charge is 0.340 e. The molecule has 0 saturated heterocycles. The Morgan fingerprint density at radius 1 is 1.38 bits per heavy atom. The Labute approximate surface area is 123 Å². The van der Waals surface area contributed by atoms with Gasteiger partial charge in [0.15, 0.2) is 0 Å². The van der Waals surface area contributed by atoms with E-state index in [2.05, 4.69) is 4.74 Å². The van der Waals surface area contributed by atoms with Crippen LogP contribution in [-0.4, -0.2) is 40.1 Å². The van der Waals surface area contributed by atoms with Crippen molar-refractivity contribution in [2.24, 2.45) is 5.41 Å². The maximum atomic E-state index is 13.7. The van der Waals surface area contributed by atoms with E-state index in [0.29, 0.717) is 0 Å². The summed E-state index contributed by atoms with van der Waals surface area (Å²) in [7, 11) is -1.89. The standard InChI is InChI=1S/C14H17FO5S/c1-19-13(16)11-4-3-10(7-12(11)15)20-8-14(5-6-14)9-21(2,17)18/h3-4,7H,5-6,8-9H2,1-2H3. The number of hydrogen-bond donors (Lipinski definition) is 0. The molecule has 5 nitrogen and oxygen atoms in total. The fourth-order valence-electron chi connectivity index (χ4n) is 2.16. The summed E-state index contributed by atoms with van der Waals surface area (Å²) in [6.45, 7) is 0.219. The first-order chi connectivity index (χ1) is 9.75. The van der Waals surface area contributed by atoms with Gasteiger partial charge >= 0.3 is 5.97 Å². The Balaban J connectivity index is 2.02. The van der Waals surface area contributed by atoms with Gasteiger partial charge in [-0.25, -0.2) is 17.6 Å². The number of halogens is 1. The number of rotatable bonds is 6. The van der Waals surface area contributed by atoms with Gasteiger partial charge in [-0.3, -0.25) is 0 Å². The van der Waals surface area contributed by atoms with E-state index in [9.17, 15) is 17.6 Å². The van der Waals surface area contributed by atoms with Crippen LogP contribution in [0.25, 0.3) is 0 Å². The maximum absolute atomic E-state index is 13.7. The Morgan fingerprint density at radius 3 is 2.52 bits per heavy atom. The number of carbonyl (C=O) groups excluding carboxylic acids is 1. The third-order valence-corrected chi connectivity index (χ3v) is 4.55. The van der Waals surface area contributed by atoms with Crippen molar-refractivity contribution in [2.75, 3.05) is 25.7 Å². The second-order valence-corrected chi connectivity index (χ2v) is 7.63. The van der Waals surface area contributed by atoms with Crippen LogP contribution in [0.5, 0.6) is 5.75 Å². The van der Waals surface area contributed by atoms with Crippen molar-refractivity contribution in [3.8, 4) is 5.75 Å². The molecule has 21 heavy (non-hydrogen) atoms. The quantitative estimate of drug-likeness (QED) is 0.749. The zero-order valence-corrected chi connectivity index (χ0v) is 12.7. The van der Waals surface area contributed by atoms with E-state index in [4.69, 9.17) is 4.74 Å². The van der Waals surface area contributed by atoms with Crippen LogP contribution in [0.2, 0.25) is 0 Å². The molecule has 0 aromatic heterocycles. The van der Waals surface area contributed by atoms with Gasteiger partial charge < -0.3 is 9.47 Å². The normalized spacial score (nSPS) is 16.3. The highest BCUT2D eigenvalue weighted by atomic mass is 32.2. The maximum Gasteiger partial charge on any atom is 0.340 e. The summed E-state index contributed by atoms with van der Waals surface area (Å²) in [5.74, 6) is -1.15. The van der Waals surface area contributed by atoms with Crippen LogP contribution < -0.4 is 4.74 Å². The molecule has 0 spiro atoms. The highest BCUT2D eigenvalue weighted by Crippen LogP contribution is 2.46. The second kappa shape index (κ2) is 5.63. The molecular formula is C14H17FO5S. The van der Waals surface area contributed by atoms with Crippen LogP contribution in [-0.2, 0) is 14.6 Å². The molecule has 1 aliphatic rings. The number of ether oxygens (including phenoxy) is 2. The fourth-order valence-corrected chi connectivity index (χ4v) is 3.65. The van der Waals surface area contributed by atoms with Crippen molar-refractivity contribution in [1.29, 1.82) is 0 Å². The van der Waals surface area contributed by atoms with Gasteiger partial charge in [0.05, 0.1) is 25.0 Å². The van der Waals surface area contributed by atoms with E-state index in [-0.39, 0.29) is 29.1 Å². The first-order valence-electron chi connectivity index (χ1n) is 6.43. The average molecular weight is 316 g/mol. The summed E-state index contributed by atoms with van der Waals surface area (Å²) < 4.78 is 46.3. The van der Waals surface area contributed by atoms with Crippen molar-refractivity contribution in [2.45, 2.75) is 12.8 Å². The number of benzene rings is 1. The number of hydrogen-bond acceptors (Lipinski definition) is 5. The zero-order chi connectivity index (χ0) is 15.7. The largest absolute Gasteiger partial charge is 0.493 e. The SMILES string of the molecule is COC(=O)c1ccc(OCC2(CS(C)(=O)=O)CC2)cc1F. The Hall–Kier alpha value is -1.63. The third-order valence-electron chi connectivity index (χ3n) is 3.42. The highest BCUT2D eigenvalue weighted by Gasteiger charge is 2.46. The molecule has 7 heteroatoms. The molecule has 1 aromatic rings. The van der Waals surface area contributed by atoms with Gasteiger partial charge in [-0.2, -0.15) is 0 Å². The summed E-state index contributed by atoms with van der Waals surface area (Å²) in [5, 5.41) is 0. The molecule has 0 atom stereocenters. The predicted octanol–water partition coefficient (Wildman–Crippen LogP) is 1.82. The third kappa shape index (κ3) is 4.17. The van der Waals surface area contributed by atoms with Gasteiger partial charge in [0.1, 0.15) is 21.4 Å². The molecule has 0 N–H and O–H groups in total. The summed E-state index contributed by atoms with van der Waals surface area (Å²) in [6, 6.07) is 3.85.